The van der Waals surface area contributed by atoms with Gasteiger partial charge in [0.2, 0.25) is 0 Å². The average Bonchev–Trinajstić information content (AvgIpc) is 2.40. The van der Waals surface area contributed by atoms with Crippen LogP contribution in [0.4, 0.5) is 18.9 Å². The molecule has 0 radical (unpaired) electrons. The van der Waals surface area contributed by atoms with E-state index in [1.54, 1.807) is 41.6 Å². The largest absolute Gasteiger partial charge is 0.573 e. The Morgan fingerprint density at radius 2 is 1.70 bits per heavy atom. The number of ether oxygens (including phenoxy) is 1. The van der Waals surface area contributed by atoms with Gasteiger partial charge in [-0.3, -0.25) is 4.72 Å². The number of sulfonamides is 1. The summed E-state index contributed by atoms with van der Waals surface area (Å²) in [7, 11) is -4.02. The molecule has 124 valence electrons. The molecule has 1 N–H and O–H groups in total. The standard InChI is InChI=1S/C14H11F3INO3S/c1-9-2-5-11(6-3-9)23(20,21)19-12-7-4-10(18)8-13(12)22-14(15,16)17/h2-8,19H,1H3. The van der Waals surface area contributed by atoms with Crippen LogP contribution in [0.25, 0.3) is 0 Å². The third-order valence-corrected chi connectivity index (χ3v) is 4.80. The van der Waals surface area contributed by atoms with Gasteiger partial charge in [-0.25, -0.2) is 8.42 Å². The summed E-state index contributed by atoms with van der Waals surface area (Å²) in [5, 5.41) is 0. The third kappa shape index (κ3) is 4.99. The summed E-state index contributed by atoms with van der Waals surface area (Å²) in [6, 6.07) is 9.71. The van der Waals surface area contributed by atoms with Crippen molar-refractivity contribution < 1.29 is 26.3 Å². The van der Waals surface area contributed by atoms with E-state index in [1.807, 2.05) is 0 Å². The van der Waals surface area contributed by atoms with Crippen LogP contribution >= 0.6 is 22.6 Å². The van der Waals surface area contributed by atoms with E-state index in [0.29, 0.717) is 3.57 Å². The number of halogens is 4. The van der Waals surface area contributed by atoms with E-state index < -0.39 is 22.1 Å². The molecule has 2 rings (SSSR count). The fourth-order valence-corrected chi connectivity index (χ4v) is 3.24. The zero-order chi connectivity index (χ0) is 17.3. The van der Waals surface area contributed by atoms with Gasteiger partial charge >= 0.3 is 6.36 Å². The fraction of sp³-hybridized carbons (Fsp3) is 0.143. The summed E-state index contributed by atoms with van der Waals surface area (Å²) in [4.78, 5) is -0.0559. The van der Waals surface area contributed by atoms with E-state index in [4.69, 9.17) is 0 Å². The van der Waals surface area contributed by atoms with Crippen molar-refractivity contribution in [2.24, 2.45) is 0 Å². The van der Waals surface area contributed by atoms with Crippen molar-refractivity contribution >= 4 is 38.3 Å². The fourth-order valence-electron chi connectivity index (χ4n) is 1.71. The van der Waals surface area contributed by atoms with Crippen LogP contribution in [0, 0.1) is 10.5 Å². The van der Waals surface area contributed by atoms with E-state index in [2.05, 4.69) is 9.46 Å². The first-order chi connectivity index (χ1) is 10.6. The van der Waals surface area contributed by atoms with Crippen LogP contribution in [0.1, 0.15) is 5.56 Å². The molecular weight excluding hydrogens is 446 g/mol. The Labute approximate surface area is 144 Å². The van der Waals surface area contributed by atoms with Gasteiger partial charge in [0, 0.05) is 3.57 Å². The van der Waals surface area contributed by atoms with Gasteiger partial charge in [0.25, 0.3) is 10.0 Å². The van der Waals surface area contributed by atoms with Gasteiger partial charge in [0.15, 0.2) is 5.75 Å². The first-order valence-corrected chi connectivity index (χ1v) is 8.78. The first kappa shape index (κ1) is 17.9. The van der Waals surface area contributed by atoms with Crippen molar-refractivity contribution in [3.05, 3.63) is 51.6 Å². The maximum Gasteiger partial charge on any atom is 0.573 e. The Bertz CT molecular complexity index is 805. The molecule has 0 bridgehead atoms. The average molecular weight is 457 g/mol. The summed E-state index contributed by atoms with van der Waals surface area (Å²) in [5.41, 5.74) is 0.572. The first-order valence-electron chi connectivity index (χ1n) is 6.22. The van der Waals surface area contributed by atoms with E-state index >= 15 is 0 Å². The van der Waals surface area contributed by atoms with Crippen molar-refractivity contribution in [2.75, 3.05) is 4.72 Å². The van der Waals surface area contributed by atoms with E-state index in [0.717, 1.165) is 11.6 Å². The summed E-state index contributed by atoms with van der Waals surface area (Å²) < 4.78 is 68.4. The van der Waals surface area contributed by atoms with Gasteiger partial charge in [0.05, 0.1) is 10.6 Å². The molecule has 0 amide bonds. The quantitative estimate of drug-likeness (QED) is 0.697. The Morgan fingerprint density at radius 1 is 1.09 bits per heavy atom. The van der Waals surface area contributed by atoms with Crippen molar-refractivity contribution in [1.29, 1.82) is 0 Å². The molecule has 2 aromatic rings. The molecule has 4 nitrogen and oxygen atoms in total. The topological polar surface area (TPSA) is 55.4 Å². The van der Waals surface area contributed by atoms with E-state index in [-0.39, 0.29) is 10.6 Å². The van der Waals surface area contributed by atoms with Gasteiger partial charge < -0.3 is 4.74 Å². The normalized spacial score (nSPS) is 12.0. The van der Waals surface area contributed by atoms with E-state index in [1.165, 1.54) is 24.3 Å². The second-order valence-electron chi connectivity index (χ2n) is 4.61. The molecule has 0 fully saturated rings. The Balaban J connectivity index is 2.37. The van der Waals surface area contributed by atoms with Gasteiger partial charge in [-0.2, -0.15) is 0 Å². The van der Waals surface area contributed by atoms with Crippen molar-refractivity contribution in [1.82, 2.24) is 0 Å². The van der Waals surface area contributed by atoms with E-state index in [9.17, 15) is 21.6 Å². The highest BCUT2D eigenvalue weighted by Crippen LogP contribution is 2.33. The Kier molecular flexibility index (Phi) is 5.09. The highest BCUT2D eigenvalue weighted by atomic mass is 127. The van der Waals surface area contributed by atoms with Gasteiger partial charge in [-0.05, 0) is 59.8 Å². The van der Waals surface area contributed by atoms with Crippen molar-refractivity contribution in [2.45, 2.75) is 18.2 Å². The lowest BCUT2D eigenvalue weighted by Gasteiger charge is -2.15. The molecule has 0 unspecified atom stereocenters. The maximum atomic E-state index is 12.5. The second kappa shape index (κ2) is 6.56. The SMILES string of the molecule is Cc1ccc(S(=O)(=O)Nc2ccc(I)cc2OC(F)(F)F)cc1. The molecular formula is C14H11F3INO3S. The molecule has 2 aromatic carbocycles. The predicted molar refractivity (Wildman–Crippen MR) is 87.8 cm³/mol. The lowest BCUT2D eigenvalue weighted by atomic mass is 10.2. The van der Waals surface area contributed by atoms with Crippen molar-refractivity contribution in [3.8, 4) is 5.75 Å². The number of alkyl halides is 3. The van der Waals surface area contributed by atoms with Crippen molar-refractivity contribution in [3.63, 3.8) is 0 Å². The van der Waals surface area contributed by atoms with Crippen LogP contribution in [0.3, 0.4) is 0 Å². The lowest BCUT2D eigenvalue weighted by molar-refractivity contribution is -0.274. The third-order valence-electron chi connectivity index (χ3n) is 2.74. The molecule has 9 heteroatoms. The number of aryl methyl sites for hydroxylation is 1. The molecule has 0 aliphatic carbocycles. The molecule has 0 atom stereocenters. The minimum Gasteiger partial charge on any atom is -0.404 e. The van der Waals surface area contributed by atoms with Gasteiger partial charge in [-0.1, -0.05) is 17.7 Å². The predicted octanol–water partition coefficient (Wildman–Crippen LogP) is 4.30. The highest BCUT2D eigenvalue weighted by Gasteiger charge is 2.32. The van der Waals surface area contributed by atoms with Crippen LogP contribution < -0.4 is 9.46 Å². The minimum absolute atomic E-state index is 0.0559. The number of anilines is 1. The van der Waals surface area contributed by atoms with Crippen LogP contribution in [0.2, 0.25) is 0 Å². The van der Waals surface area contributed by atoms with Crippen LogP contribution in [0.5, 0.6) is 5.75 Å². The zero-order valence-corrected chi connectivity index (χ0v) is 14.7. The molecule has 0 saturated carbocycles. The molecule has 23 heavy (non-hydrogen) atoms. The summed E-state index contributed by atoms with van der Waals surface area (Å²) in [6.07, 6.45) is -4.92. The number of rotatable bonds is 4. The summed E-state index contributed by atoms with van der Waals surface area (Å²) >= 11 is 1.80. The Hall–Kier alpha value is -1.49. The lowest BCUT2D eigenvalue weighted by Crippen LogP contribution is -2.20. The zero-order valence-electron chi connectivity index (χ0n) is 11.7. The summed E-state index contributed by atoms with van der Waals surface area (Å²) in [6.45, 7) is 1.79. The number of hydrogen-bond donors (Lipinski definition) is 1. The maximum absolute atomic E-state index is 12.5. The minimum atomic E-state index is -4.92. The van der Waals surface area contributed by atoms with Gasteiger partial charge in [-0.15, -0.1) is 13.2 Å². The monoisotopic (exact) mass is 457 g/mol. The molecule has 0 aliphatic heterocycles. The molecule has 0 spiro atoms. The van der Waals surface area contributed by atoms with Crippen LogP contribution in [-0.4, -0.2) is 14.8 Å². The Morgan fingerprint density at radius 3 is 2.26 bits per heavy atom. The smallest absolute Gasteiger partial charge is 0.404 e. The number of hydrogen-bond acceptors (Lipinski definition) is 3. The highest BCUT2D eigenvalue weighted by molar-refractivity contribution is 14.1. The van der Waals surface area contributed by atoms with Crippen LogP contribution in [0.15, 0.2) is 47.4 Å². The summed E-state index contributed by atoms with van der Waals surface area (Å²) in [5.74, 6) is -0.611. The number of benzene rings is 2. The molecule has 0 aliphatic rings. The van der Waals surface area contributed by atoms with Crippen LogP contribution in [-0.2, 0) is 10.0 Å². The second-order valence-corrected chi connectivity index (χ2v) is 7.53. The molecule has 0 heterocycles. The molecule has 0 aromatic heterocycles. The molecule has 0 saturated heterocycles. The van der Waals surface area contributed by atoms with Gasteiger partial charge in [0.1, 0.15) is 0 Å². The number of nitrogens with one attached hydrogen (secondary N) is 1.